The highest BCUT2D eigenvalue weighted by atomic mass is 16.2. The molecule has 51 heavy (non-hydrogen) atoms. The Kier molecular flexibility index (Phi) is 7.67. The summed E-state index contributed by atoms with van der Waals surface area (Å²) >= 11 is 0. The highest BCUT2D eigenvalue weighted by Crippen LogP contribution is 2.42. The second kappa shape index (κ2) is 12.3. The first-order chi connectivity index (χ1) is 24.8. The van der Waals surface area contributed by atoms with Gasteiger partial charge >= 0.3 is 0 Å². The van der Waals surface area contributed by atoms with Gasteiger partial charge in [0.25, 0.3) is 23.6 Å². The molecule has 2 aromatic heterocycles. The molecule has 2 saturated heterocycles. The molecule has 7 aliphatic heterocycles. The van der Waals surface area contributed by atoms with E-state index in [1.165, 1.54) is 9.80 Å². The lowest BCUT2D eigenvalue weighted by atomic mass is 9.90. The number of amides is 4. The van der Waals surface area contributed by atoms with Gasteiger partial charge in [-0.15, -0.1) is 0 Å². The van der Waals surface area contributed by atoms with E-state index in [4.69, 9.17) is 0 Å². The van der Waals surface area contributed by atoms with Crippen LogP contribution in [-0.2, 0) is 38.4 Å². The Hall–Kier alpha value is -5.12. The molecule has 0 unspecified atom stereocenters. The molecule has 2 N–H and O–H groups in total. The lowest BCUT2D eigenvalue weighted by Gasteiger charge is -2.34. The fourth-order valence-corrected chi connectivity index (χ4v) is 9.29. The number of aromatic nitrogens is 2. The van der Waals surface area contributed by atoms with Crippen molar-refractivity contribution in [3.8, 4) is 0 Å². The third-order valence-corrected chi connectivity index (χ3v) is 12.1. The van der Waals surface area contributed by atoms with Crippen LogP contribution in [-0.4, -0.2) is 93.5 Å². The van der Waals surface area contributed by atoms with Gasteiger partial charge in [0.15, 0.2) is 0 Å². The minimum Gasteiger partial charge on any atom is -0.366 e. The van der Waals surface area contributed by atoms with E-state index < -0.39 is 0 Å². The summed E-state index contributed by atoms with van der Waals surface area (Å²) in [4.78, 5) is 69.9. The quantitative estimate of drug-likeness (QED) is 0.254. The first kappa shape index (κ1) is 31.8. The van der Waals surface area contributed by atoms with Crippen molar-refractivity contribution in [2.45, 2.75) is 57.8 Å². The summed E-state index contributed by atoms with van der Waals surface area (Å²) in [7, 11) is 3.20. The maximum absolute atomic E-state index is 14.0. The van der Waals surface area contributed by atoms with E-state index in [0.717, 1.165) is 103 Å². The third kappa shape index (κ3) is 5.05. The molecule has 262 valence electrons. The maximum atomic E-state index is 14.0. The van der Waals surface area contributed by atoms with Gasteiger partial charge in [-0.2, -0.15) is 0 Å². The molecule has 11 rings (SSSR count). The number of benzene rings is 1. The Morgan fingerprint density at radius 1 is 0.647 bits per heavy atom. The molecule has 2 fully saturated rings. The van der Waals surface area contributed by atoms with Gasteiger partial charge < -0.3 is 19.8 Å². The number of allylic oxidation sites excluding steroid dienone is 3. The van der Waals surface area contributed by atoms with Crippen LogP contribution in [0.3, 0.4) is 0 Å². The molecule has 0 spiro atoms. The number of imide groups is 2. The highest BCUT2D eigenvalue weighted by molar-refractivity contribution is 6.37. The normalized spacial score (nSPS) is 24.1. The Labute approximate surface area is 297 Å². The van der Waals surface area contributed by atoms with Crippen molar-refractivity contribution < 1.29 is 19.2 Å². The number of likely N-dealkylation sites (N-methyl/N-ethyl adjacent to an activating group) is 2. The van der Waals surface area contributed by atoms with E-state index in [9.17, 15) is 19.2 Å². The second-order valence-corrected chi connectivity index (χ2v) is 15.0. The molecule has 4 bridgehead atoms. The number of para-hydroxylation sites is 1. The maximum Gasteiger partial charge on any atom is 0.277 e. The highest BCUT2D eigenvalue weighted by Gasteiger charge is 2.44. The largest absolute Gasteiger partial charge is 0.366 e. The summed E-state index contributed by atoms with van der Waals surface area (Å²) < 4.78 is 0. The number of aromatic amines is 2. The number of rotatable bonds is 0. The van der Waals surface area contributed by atoms with Crippen molar-refractivity contribution in [1.29, 1.82) is 0 Å². The van der Waals surface area contributed by atoms with E-state index in [-0.39, 0.29) is 23.6 Å². The molecule has 0 saturated carbocycles. The summed E-state index contributed by atoms with van der Waals surface area (Å²) in [6.07, 6.45) is 16.3. The van der Waals surface area contributed by atoms with Crippen LogP contribution in [0.2, 0.25) is 0 Å². The van der Waals surface area contributed by atoms with Gasteiger partial charge in [0.2, 0.25) is 0 Å². The minimum absolute atomic E-state index is 0.214. The SMILES string of the molecule is CN1C(=O)C2=C(C1=O)N1CCC(C=CC3CCN(CC3)C3=C(C(=O)N(C)C3=O)c3c([nH]c4ccccc34)CCCc3[nH]c4c(c32)CCC=C4)CC1. The Balaban J connectivity index is 1.19. The van der Waals surface area contributed by atoms with Gasteiger partial charge in [-0.05, 0) is 87.3 Å². The van der Waals surface area contributed by atoms with E-state index in [0.29, 0.717) is 60.3 Å². The molecule has 0 atom stereocenters. The molecule has 10 heteroatoms. The molecule has 4 amide bonds. The van der Waals surface area contributed by atoms with E-state index >= 15 is 0 Å². The molecule has 9 heterocycles. The number of H-pyrrole nitrogens is 2. The first-order valence-electron chi connectivity index (χ1n) is 18.6. The predicted octanol–water partition coefficient (Wildman–Crippen LogP) is 5.04. The van der Waals surface area contributed by atoms with Crippen LogP contribution in [0.15, 0.2) is 53.9 Å². The van der Waals surface area contributed by atoms with Crippen LogP contribution in [0.5, 0.6) is 0 Å². The molecule has 8 aliphatic rings. The summed E-state index contributed by atoms with van der Waals surface area (Å²) in [5.74, 6) is -0.134. The number of hydrogen-bond donors (Lipinski definition) is 2. The Morgan fingerprint density at radius 3 is 1.80 bits per heavy atom. The fraction of sp³-hybridized carbons (Fsp3) is 0.415. The lowest BCUT2D eigenvalue weighted by Crippen LogP contribution is -2.38. The van der Waals surface area contributed by atoms with Crippen molar-refractivity contribution in [3.63, 3.8) is 0 Å². The number of aryl methyl sites for hydroxylation is 2. The molecular weight excluding hydrogens is 640 g/mol. The van der Waals surface area contributed by atoms with Crippen molar-refractivity contribution in [3.05, 3.63) is 87.7 Å². The number of hydrogen-bond acceptors (Lipinski definition) is 6. The molecule has 1 aliphatic carbocycles. The van der Waals surface area contributed by atoms with Crippen molar-refractivity contribution >= 4 is 51.8 Å². The Bertz CT molecular complexity index is 2130. The number of fused-ring (bicyclic) bond motifs is 4. The number of carbonyl (C=O) groups excluding carboxylic acids is 4. The summed E-state index contributed by atoms with van der Waals surface area (Å²) in [6.45, 7) is 2.88. The van der Waals surface area contributed by atoms with Gasteiger partial charge in [0, 0.05) is 79.4 Å². The minimum atomic E-state index is -0.258. The topological polar surface area (TPSA) is 113 Å². The number of nitrogens with zero attached hydrogens (tertiary/aromatic N) is 4. The standard InChI is InChI=1S/C41H44N6O4/c1-44-38(48)34-32-26-8-3-5-10-28(26)42-30(32)12-7-13-31-33(27-9-4-6-11-29(27)43-31)35-37(41(51)45(2)39(35)49)47-22-18-25(19-23-47)15-14-24-16-20-46(21-17-24)36(34)40(44)50/h3,5-6,8,10-11,14-15,24-25,42-43H,4,7,9,12-13,16-23H2,1-2H3. The average molecular weight is 685 g/mol. The van der Waals surface area contributed by atoms with Gasteiger partial charge in [-0.3, -0.25) is 29.0 Å². The molecule has 1 aromatic carbocycles. The van der Waals surface area contributed by atoms with Crippen LogP contribution < -0.4 is 0 Å². The summed E-state index contributed by atoms with van der Waals surface area (Å²) in [5.41, 5.74) is 8.75. The second-order valence-electron chi connectivity index (χ2n) is 15.0. The predicted molar refractivity (Wildman–Crippen MR) is 196 cm³/mol. The van der Waals surface area contributed by atoms with Crippen molar-refractivity contribution in [1.82, 2.24) is 29.6 Å². The van der Waals surface area contributed by atoms with Crippen LogP contribution >= 0.6 is 0 Å². The third-order valence-electron chi connectivity index (χ3n) is 12.1. The molecule has 3 aromatic rings. The summed E-state index contributed by atoms with van der Waals surface area (Å²) in [5, 5.41) is 0.936. The van der Waals surface area contributed by atoms with E-state index in [1.54, 1.807) is 14.1 Å². The molecule has 10 nitrogen and oxygen atoms in total. The van der Waals surface area contributed by atoms with Gasteiger partial charge in [0.1, 0.15) is 11.4 Å². The number of piperidine rings is 2. The molecular formula is C41H44N6O4. The number of nitrogens with one attached hydrogen (secondary N) is 2. The smallest absolute Gasteiger partial charge is 0.277 e. The van der Waals surface area contributed by atoms with Crippen LogP contribution in [0, 0.1) is 11.8 Å². The monoisotopic (exact) mass is 684 g/mol. The van der Waals surface area contributed by atoms with Gasteiger partial charge in [-0.1, -0.05) is 36.4 Å². The molecule has 0 radical (unpaired) electrons. The lowest BCUT2D eigenvalue weighted by molar-refractivity contribution is -0.137. The zero-order chi connectivity index (χ0) is 35.0. The first-order valence-corrected chi connectivity index (χ1v) is 18.6. The van der Waals surface area contributed by atoms with Crippen LogP contribution in [0.1, 0.15) is 72.3 Å². The number of carbonyl (C=O) groups is 4. The zero-order valence-electron chi connectivity index (χ0n) is 29.4. The van der Waals surface area contributed by atoms with Crippen molar-refractivity contribution in [2.24, 2.45) is 11.8 Å². The van der Waals surface area contributed by atoms with Gasteiger partial charge in [0.05, 0.1) is 11.1 Å². The van der Waals surface area contributed by atoms with E-state index in [2.05, 4.69) is 44.1 Å². The van der Waals surface area contributed by atoms with Gasteiger partial charge in [-0.25, -0.2) is 0 Å². The fourth-order valence-electron chi connectivity index (χ4n) is 9.29. The van der Waals surface area contributed by atoms with Crippen LogP contribution in [0.4, 0.5) is 0 Å². The van der Waals surface area contributed by atoms with Crippen molar-refractivity contribution in [2.75, 3.05) is 40.3 Å². The summed E-state index contributed by atoms with van der Waals surface area (Å²) in [6, 6.07) is 8.02. The Morgan fingerprint density at radius 2 is 1.20 bits per heavy atom. The zero-order valence-corrected chi connectivity index (χ0v) is 29.4. The van der Waals surface area contributed by atoms with Crippen LogP contribution in [0.25, 0.3) is 28.1 Å². The van der Waals surface area contributed by atoms with E-state index in [1.807, 2.05) is 24.3 Å². The average Bonchev–Trinajstić information content (AvgIpc) is 3.83.